The largest absolute Gasteiger partial charge is 0.468 e. The molecule has 1 heterocycles. The summed E-state index contributed by atoms with van der Waals surface area (Å²) in [7, 11) is 1.64. The summed E-state index contributed by atoms with van der Waals surface area (Å²) in [5.74, 6) is 0.524. The van der Waals surface area contributed by atoms with Crippen LogP contribution in [-0.2, 0) is 13.0 Å². The normalized spacial score (nSPS) is 11.9. The highest BCUT2D eigenvalue weighted by molar-refractivity contribution is 5.79. The first-order chi connectivity index (χ1) is 13.0. The third-order valence-corrected chi connectivity index (χ3v) is 3.67. The Balaban J connectivity index is 1.78. The topological polar surface area (TPSA) is 58.5 Å². The summed E-state index contributed by atoms with van der Waals surface area (Å²) in [4.78, 5) is 7.99. The molecule has 0 fully saturated rings. The first kappa shape index (κ1) is 20.5. The molecule has 2 N–H and O–H groups in total. The van der Waals surface area contributed by atoms with E-state index in [4.69, 9.17) is 4.74 Å². The van der Waals surface area contributed by atoms with E-state index in [1.54, 1.807) is 19.2 Å². The van der Waals surface area contributed by atoms with Crippen molar-refractivity contribution in [1.82, 2.24) is 15.6 Å². The van der Waals surface area contributed by atoms with Gasteiger partial charge in [-0.25, -0.2) is 4.98 Å². The van der Waals surface area contributed by atoms with Gasteiger partial charge in [0.2, 0.25) is 5.88 Å². The van der Waals surface area contributed by atoms with Crippen LogP contribution in [0.2, 0.25) is 0 Å². The SMILES string of the molecule is CN=C(NCCCc1ccccc1)NCc1cccnc1OCC(F)(F)F. The second kappa shape index (κ2) is 10.4. The highest BCUT2D eigenvalue weighted by Crippen LogP contribution is 2.19. The Morgan fingerprint density at radius 3 is 2.59 bits per heavy atom. The standard InChI is InChI=1S/C19H23F3N4O/c1-23-18(25-12-5-9-15-7-3-2-4-8-15)26-13-16-10-6-11-24-17(16)27-14-19(20,21)22/h2-4,6-8,10-11H,5,9,12-14H2,1H3,(H2,23,25,26). The molecule has 0 spiro atoms. The Morgan fingerprint density at radius 2 is 1.89 bits per heavy atom. The Kier molecular flexibility index (Phi) is 7.91. The number of benzene rings is 1. The zero-order chi connectivity index (χ0) is 19.5. The molecule has 0 radical (unpaired) electrons. The van der Waals surface area contributed by atoms with Gasteiger partial charge < -0.3 is 15.4 Å². The zero-order valence-corrected chi connectivity index (χ0v) is 15.1. The molecule has 146 valence electrons. The number of rotatable bonds is 8. The fourth-order valence-electron chi connectivity index (χ4n) is 2.38. The van der Waals surface area contributed by atoms with E-state index in [1.807, 2.05) is 18.2 Å². The van der Waals surface area contributed by atoms with Crippen LogP contribution in [0.15, 0.2) is 53.7 Å². The number of pyridine rings is 1. The molecule has 1 aromatic carbocycles. The predicted octanol–water partition coefficient (Wildman–Crippen LogP) is 3.32. The molecule has 0 amide bonds. The third-order valence-electron chi connectivity index (χ3n) is 3.67. The van der Waals surface area contributed by atoms with Gasteiger partial charge in [-0.05, 0) is 24.5 Å². The van der Waals surface area contributed by atoms with Gasteiger partial charge in [0, 0.05) is 31.9 Å². The van der Waals surface area contributed by atoms with Crippen molar-refractivity contribution < 1.29 is 17.9 Å². The molecule has 0 aliphatic heterocycles. The van der Waals surface area contributed by atoms with Gasteiger partial charge in [0.25, 0.3) is 0 Å². The molecule has 5 nitrogen and oxygen atoms in total. The second-order valence-electron chi connectivity index (χ2n) is 5.81. The minimum absolute atomic E-state index is 0.0399. The highest BCUT2D eigenvalue weighted by atomic mass is 19.4. The number of alkyl halides is 3. The maximum Gasteiger partial charge on any atom is 0.422 e. The van der Waals surface area contributed by atoms with Crippen LogP contribution in [0, 0.1) is 0 Å². The molecular weight excluding hydrogens is 357 g/mol. The number of nitrogens with one attached hydrogen (secondary N) is 2. The van der Waals surface area contributed by atoms with Crippen molar-refractivity contribution >= 4 is 5.96 Å². The minimum Gasteiger partial charge on any atom is -0.468 e. The van der Waals surface area contributed by atoms with Crippen LogP contribution in [0.1, 0.15) is 17.5 Å². The van der Waals surface area contributed by atoms with Gasteiger partial charge in [-0.15, -0.1) is 0 Å². The van der Waals surface area contributed by atoms with Crippen molar-refractivity contribution in [2.75, 3.05) is 20.2 Å². The lowest BCUT2D eigenvalue weighted by molar-refractivity contribution is -0.154. The van der Waals surface area contributed by atoms with Crippen molar-refractivity contribution in [3.05, 3.63) is 59.8 Å². The lowest BCUT2D eigenvalue weighted by Gasteiger charge is -2.14. The number of aromatic nitrogens is 1. The Morgan fingerprint density at radius 1 is 1.11 bits per heavy atom. The number of ether oxygens (including phenoxy) is 1. The number of halogens is 3. The molecule has 8 heteroatoms. The van der Waals surface area contributed by atoms with Gasteiger partial charge in [-0.2, -0.15) is 13.2 Å². The van der Waals surface area contributed by atoms with Crippen molar-refractivity contribution in [3.8, 4) is 5.88 Å². The van der Waals surface area contributed by atoms with E-state index >= 15 is 0 Å². The molecule has 27 heavy (non-hydrogen) atoms. The maximum atomic E-state index is 12.3. The summed E-state index contributed by atoms with van der Waals surface area (Å²) in [6, 6.07) is 13.5. The minimum atomic E-state index is -4.40. The lowest BCUT2D eigenvalue weighted by Crippen LogP contribution is -2.37. The molecular formula is C19H23F3N4O. The fraction of sp³-hybridized carbons (Fsp3) is 0.368. The van der Waals surface area contributed by atoms with Gasteiger partial charge in [-0.1, -0.05) is 36.4 Å². The Labute approximate surface area is 156 Å². The van der Waals surface area contributed by atoms with Gasteiger partial charge in [0.15, 0.2) is 12.6 Å². The summed E-state index contributed by atoms with van der Waals surface area (Å²) in [6.45, 7) is -0.401. The first-order valence-electron chi connectivity index (χ1n) is 8.60. The lowest BCUT2D eigenvalue weighted by atomic mass is 10.1. The van der Waals surface area contributed by atoms with Crippen LogP contribution in [0.4, 0.5) is 13.2 Å². The van der Waals surface area contributed by atoms with Gasteiger partial charge >= 0.3 is 6.18 Å². The Bertz CT molecular complexity index is 720. The van der Waals surface area contributed by atoms with E-state index in [0.717, 1.165) is 19.4 Å². The van der Waals surface area contributed by atoms with Gasteiger partial charge in [-0.3, -0.25) is 4.99 Å². The monoisotopic (exact) mass is 380 g/mol. The molecule has 0 saturated carbocycles. The van der Waals surface area contributed by atoms with E-state index in [-0.39, 0.29) is 12.4 Å². The predicted molar refractivity (Wildman–Crippen MR) is 98.8 cm³/mol. The van der Waals surface area contributed by atoms with Crippen molar-refractivity contribution in [3.63, 3.8) is 0 Å². The average molecular weight is 380 g/mol. The summed E-state index contributed by atoms with van der Waals surface area (Å²) < 4.78 is 41.8. The molecule has 2 rings (SSSR count). The quantitative estimate of drug-likeness (QED) is 0.419. The third kappa shape index (κ3) is 7.98. The fourth-order valence-corrected chi connectivity index (χ4v) is 2.38. The number of hydrogen-bond donors (Lipinski definition) is 2. The number of guanidine groups is 1. The molecule has 0 saturated heterocycles. The summed E-state index contributed by atoms with van der Waals surface area (Å²) in [5.41, 5.74) is 1.79. The van der Waals surface area contributed by atoms with Crippen LogP contribution in [0.25, 0.3) is 0 Å². The second-order valence-corrected chi connectivity index (χ2v) is 5.81. The molecule has 0 aliphatic carbocycles. The molecule has 2 aromatic rings. The van der Waals surface area contributed by atoms with Crippen molar-refractivity contribution in [1.29, 1.82) is 0 Å². The zero-order valence-electron chi connectivity index (χ0n) is 15.1. The van der Waals surface area contributed by atoms with Crippen LogP contribution >= 0.6 is 0 Å². The van der Waals surface area contributed by atoms with Crippen LogP contribution in [-0.4, -0.2) is 37.3 Å². The molecule has 0 bridgehead atoms. The van der Waals surface area contributed by atoms with E-state index < -0.39 is 12.8 Å². The molecule has 1 aromatic heterocycles. The van der Waals surface area contributed by atoms with E-state index in [2.05, 4.69) is 32.7 Å². The number of aliphatic imine (C=N–C) groups is 1. The molecule has 0 unspecified atom stereocenters. The molecule has 0 atom stereocenters. The van der Waals surface area contributed by atoms with E-state index in [1.165, 1.54) is 11.8 Å². The number of aryl methyl sites for hydroxylation is 1. The van der Waals surface area contributed by atoms with Crippen LogP contribution < -0.4 is 15.4 Å². The summed E-state index contributed by atoms with van der Waals surface area (Å²) >= 11 is 0. The highest BCUT2D eigenvalue weighted by Gasteiger charge is 2.29. The summed E-state index contributed by atoms with van der Waals surface area (Å²) in [6.07, 6.45) is -1.13. The van der Waals surface area contributed by atoms with Crippen LogP contribution in [0.5, 0.6) is 5.88 Å². The van der Waals surface area contributed by atoms with Crippen LogP contribution in [0.3, 0.4) is 0 Å². The average Bonchev–Trinajstić information content (AvgIpc) is 2.66. The van der Waals surface area contributed by atoms with E-state index in [9.17, 15) is 13.2 Å². The summed E-state index contributed by atoms with van der Waals surface area (Å²) in [5, 5.41) is 6.24. The van der Waals surface area contributed by atoms with Crippen molar-refractivity contribution in [2.45, 2.75) is 25.6 Å². The molecule has 0 aliphatic rings. The van der Waals surface area contributed by atoms with Gasteiger partial charge in [0.05, 0.1) is 0 Å². The maximum absolute atomic E-state index is 12.3. The number of nitrogens with zero attached hydrogens (tertiary/aromatic N) is 2. The van der Waals surface area contributed by atoms with E-state index in [0.29, 0.717) is 11.5 Å². The smallest absolute Gasteiger partial charge is 0.422 e. The van der Waals surface area contributed by atoms with Gasteiger partial charge in [0.1, 0.15) is 0 Å². The Hall–Kier alpha value is -2.77. The first-order valence-corrected chi connectivity index (χ1v) is 8.60. The van der Waals surface area contributed by atoms with Crippen molar-refractivity contribution in [2.24, 2.45) is 4.99 Å². The number of hydrogen-bond acceptors (Lipinski definition) is 3.